The second-order valence-electron chi connectivity index (χ2n) is 9.76. The van der Waals surface area contributed by atoms with E-state index >= 15 is 0 Å². The Balaban J connectivity index is 1.76. The van der Waals surface area contributed by atoms with E-state index in [1.807, 2.05) is 6.07 Å². The second-order valence-corrected chi connectivity index (χ2v) is 9.76. The predicted molar refractivity (Wildman–Crippen MR) is 142 cm³/mol. The lowest BCUT2D eigenvalue weighted by Gasteiger charge is -2.35. The summed E-state index contributed by atoms with van der Waals surface area (Å²) < 4.78 is 34.9. The number of nitrogens with zero attached hydrogens (tertiary/aromatic N) is 6. The number of carbonyl (C=O) groups is 2. The van der Waals surface area contributed by atoms with Crippen LogP contribution in [0.3, 0.4) is 0 Å². The van der Waals surface area contributed by atoms with Crippen molar-refractivity contribution in [2.24, 2.45) is 0 Å². The van der Waals surface area contributed by atoms with Crippen molar-refractivity contribution in [1.82, 2.24) is 20.2 Å². The Morgan fingerprint density at radius 2 is 1.82 bits per heavy atom. The molecular formula is C25H34F2N8O3. The van der Waals surface area contributed by atoms with E-state index in [2.05, 4.69) is 37.4 Å². The number of piperazine rings is 1. The molecule has 11 nitrogen and oxygen atoms in total. The van der Waals surface area contributed by atoms with Gasteiger partial charge in [0.25, 0.3) is 11.8 Å². The fourth-order valence-electron chi connectivity index (χ4n) is 4.59. The number of aromatic nitrogens is 2. The van der Waals surface area contributed by atoms with Crippen molar-refractivity contribution in [1.29, 1.82) is 0 Å². The van der Waals surface area contributed by atoms with Crippen LogP contribution >= 0.6 is 0 Å². The number of likely N-dealkylation sites (N-methyl/N-ethyl adjacent to an activating group) is 1. The number of hydrogen-bond acceptors (Lipinski definition) is 9. The maximum Gasteiger partial charge on any atom is 0.342 e. The largest absolute Gasteiger partial charge is 0.495 e. The zero-order chi connectivity index (χ0) is 27.8. The molecule has 1 aromatic heterocycles. The summed E-state index contributed by atoms with van der Waals surface area (Å²) >= 11 is 0. The average Bonchev–Trinajstić information content (AvgIpc) is 2.97. The molecule has 38 heavy (non-hydrogen) atoms. The van der Waals surface area contributed by atoms with Gasteiger partial charge in [-0.25, -0.2) is 4.98 Å². The van der Waals surface area contributed by atoms with Crippen molar-refractivity contribution in [3.8, 4) is 5.75 Å². The molecule has 3 heterocycles. The summed E-state index contributed by atoms with van der Waals surface area (Å²) in [5.41, 5.74) is 1.89. The van der Waals surface area contributed by atoms with Crippen LogP contribution in [0.25, 0.3) is 0 Å². The highest BCUT2D eigenvalue weighted by molar-refractivity contribution is 6.02. The number of halogens is 2. The van der Waals surface area contributed by atoms with Gasteiger partial charge in [-0.1, -0.05) is 0 Å². The fraction of sp³-hybridized carbons (Fsp3) is 0.520. The van der Waals surface area contributed by atoms with Crippen molar-refractivity contribution < 1.29 is 23.1 Å². The summed E-state index contributed by atoms with van der Waals surface area (Å²) in [6.45, 7) is 5.88. The molecular weight excluding hydrogens is 498 g/mol. The Morgan fingerprint density at radius 1 is 1.13 bits per heavy atom. The summed E-state index contributed by atoms with van der Waals surface area (Å²) in [6.07, 6.45) is 1.35. The molecule has 1 saturated heterocycles. The van der Waals surface area contributed by atoms with Crippen molar-refractivity contribution in [2.75, 3.05) is 81.0 Å². The van der Waals surface area contributed by atoms with Crippen LogP contribution in [0, 0.1) is 0 Å². The standard InChI is InChI=1S/C25H34F2N8O3/c1-15(2)35-14-25(26,27)23(37)33(5)19-13-29-24(31-21(19)35)30-17-12-18(34-9-7-32(4)8-10-34)16(22(36)28-3)11-20(17)38-6/h11-13,15H,7-10,14H2,1-6H3,(H,28,36)(H,29,30,31). The van der Waals surface area contributed by atoms with Crippen LogP contribution in [0.4, 0.5) is 37.6 Å². The predicted octanol–water partition coefficient (Wildman–Crippen LogP) is 2.17. The van der Waals surface area contributed by atoms with Gasteiger partial charge in [0.2, 0.25) is 5.95 Å². The minimum Gasteiger partial charge on any atom is -0.495 e. The Morgan fingerprint density at radius 3 is 2.42 bits per heavy atom. The molecule has 0 saturated carbocycles. The van der Waals surface area contributed by atoms with E-state index in [0.717, 1.165) is 36.8 Å². The van der Waals surface area contributed by atoms with Gasteiger partial charge in [0.05, 0.1) is 36.8 Å². The number of amides is 2. The molecule has 0 bridgehead atoms. The molecule has 2 aromatic rings. The number of rotatable bonds is 6. The Labute approximate surface area is 220 Å². The average molecular weight is 533 g/mol. The number of benzene rings is 1. The third-order valence-electron chi connectivity index (χ3n) is 6.87. The molecule has 2 aliphatic heterocycles. The fourth-order valence-corrected chi connectivity index (χ4v) is 4.59. The third-order valence-corrected chi connectivity index (χ3v) is 6.87. The molecule has 206 valence electrons. The third kappa shape index (κ3) is 5.15. The number of anilines is 5. The quantitative estimate of drug-likeness (QED) is 0.579. The van der Waals surface area contributed by atoms with Gasteiger partial charge in [0.1, 0.15) is 11.4 Å². The lowest BCUT2D eigenvalue weighted by atomic mass is 10.1. The van der Waals surface area contributed by atoms with Crippen LogP contribution in [0.15, 0.2) is 18.3 Å². The minimum absolute atomic E-state index is 0.135. The molecule has 0 spiro atoms. The molecule has 13 heteroatoms. The van der Waals surface area contributed by atoms with Gasteiger partial charge in [-0.2, -0.15) is 13.8 Å². The molecule has 0 aliphatic carbocycles. The molecule has 0 atom stereocenters. The highest BCUT2D eigenvalue weighted by Crippen LogP contribution is 2.39. The van der Waals surface area contributed by atoms with E-state index < -0.39 is 18.4 Å². The lowest BCUT2D eigenvalue weighted by Crippen LogP contribution is -2.47. The zero-order valence-electron chi connectivity index (χ0n) is 22.5. The van der Waals surface area contributed by atoms with Crippen LogP contribution in [0.5, 0.6) is 5.75 Å². The number of nitrogens with one attached hydrogen (secondary N) is 2. The van der Waals surface area contributed by atoms with Crippen molar-refractivity contribution in [3.63, 3.8) is 0 Å². The van der Waals surface area contributed by atoms with Gasteiger partial charge in [0.15, 0.2) is 5.82 Å². The summed E-state index contributed by atoms with van der Waals surface area (Å²) in [6, 6.07) is 3.12. The normalized spacial score (nSPS) is 17.8. The van der Waals surface area contributed by atoms with E-state index in [-0.39, 0.29) is 29.4 Å². The highest BCUT2D eigenvalue weighted by atomic mass is 19.3. The van der Waals surface area contributed by atoms with Gasteiger partial charge in [0, 0.05) is 46.3 Å². The Hall–Kier alpha value is -3.74. The Bertz CT molecular complexity index is 1220. The number of carbonyl (C=O) groups excluding carboxylic acids is 2. The van der Waals surface area contributed by atoms with E-state index in [1.54, 1.807) is 27.0 Å². The van der Waals surface area contributed by atoms with E-state index in [0.29, 0.717) is 17.0 Å². The first-order valence-corrected chi connectivity index (χ1v) is 12.4. The van der Waals surface area contributed by atoms with E-state index in [4.69, 9.17) is 4.74 Å². The first kappa shape index (κ1) is 27.3. The van der Waals surface area contributed by atoms with Crippen molar-refractivity contribution in [2.45, 2.75) is 25.8 Å². The molecule has 2 aliphatic rings. The summed E-state index contributed by atoms with van der Waals surface area (Å²) in [7, 11) is 6.40. The summed E-state index contributed by atoms with van der Waals surface area (Å²) in [5.74, 6) is -4.40. The second kappa shape index (κ2) is 10.6. The van der Waals surface area contributed by atoms with Gasteiger partial charge >= 0.3 is 5.92 Å². The highest BCUT2D eigenvalue weighted by Gasteiger charge is 2.47. The number of ether oxygens (including phenoxy) is 1. The van der Waals surface area contributed by atoms with Gasteiger partial charge in [-0.05, 0) is 33.0 Å². The molecule has 2 amide bonds. The molecule has 1 aromatic carbocycles. The van der Waals surface area contributed by atoms with Crippen molar-refractivity contribution >= 4 is 40.6 Å². The van der Waals surface area contributed by atoms with E-state index in [9.17, 15) is 18.4 Å². The van der Waals surface area contributed by atoms with E-state index in [1.165, 1.54) is 25.3 Å². The van der Waals surface area contributed by atoms with Crippen LogP contribution in [-0.2, 0) is 4.79 Å². The maximum absolute atomic E-state index is 14.7. The van der Waals surface area contributed by atoms with Crippen molar-refractivity contribution in [3.05, 3.63) is 23.9 Å². The summed E-state index contributed by atoms with van der Waals surface area (Å²) in [4.78, 5) is 40.6. The molecule has 4 rings (SSSR count). The minimum atomic E-state index is -3.58. The number of fused-ring (bicyclic) bond motifs is 1. The number of alkyl halides is 2. The number of hydrogen-bond donors (Lipinski definition) is 2. The Kier molecular flexibility index (Phi) is 7.58. The maximum atomic E-state index is 14.7. The SMILES string of the molecule is CNC(=O)c1cc(OC)c(Nc2ncc3c(n2)N(C(C)C)CC(F)(F)C(=O)N3C)cc1N1CCN(C)CC1. The molecule has 0 unspecified atom stereocenters. The van der Waals surface area contributed by atoms with Crippen LogP contribution in [0.1, 0.15) is 24.2 Å². The molecule has 0 radical (unpaired) electrons. The van der Waals surface area contributed by atoms with Gasteiger partial charge in [-0.3, -0.25) is 9.59 Å². The van der Waals surface area contributed by atoms with Gasteiger partial charge < -0.3 is 35.0 Å². The van der Waals surface area contributed by atoms with Crippen LogP contribution < -0.4 is 30.1 Å². The summed E-state index contributed by atoms with van der Waals surface area (Å²) in [5, 5.41) is 5.82. The topological polar surface area (TPSA) is 106 Å². The zero-order valence-corrected chi connectivity index (χ0v) is 22.5. The van der Waals surface area contributed by atoms with Crippen LogP contribution in [-0.4, -0.2) is 99.6 Å². The smallest absolute Gasteiger partial charge is 0.342 e. The molecule has 1 fully saturated rings. The number of methoxy groups -OCH3 is 1. The monoisotopic (exact) mass is 532 g/mol. The first-order valence-electron chi connectivity index (χ1n) is 12.4. The molecule has 2 N–H and O–H groups in total. The van der Waals surface area contributed by atoms with Gasteiger partial charge in [-0.15, -0.1) is 0 Å². The first-order chi connectivity index (χ1) is 18.0. The van der Waals surface area contributed by atoms with Crippen LogP contribution in [0.2, 0.25) is 0 Å². The lowest BCUT2D eigenvalue weighted by molar-refractivity contribution is -0.140.